The molecule has 4 heteroatoms. The molecule has 1 heterocycles. The fraction of sp³-hybridized carbons (Fsp3) is 0.462. The number of ketones is 1. The van der Waals surface area contributed by atoms with Gasteiger partial charge in [-0.25, -0.2) is 4.79 Å². The van der Waals surface area contributed by atoms with Gasteiger partial charge in [-0.3, -0.25) is 9.78 Å². The molecule has 1 aromatic rings. The van der Waals surface area contributed by atoms with Crippen molar-refractivity contribution in [2.24, 2.45) is 0 Å². The van der Waals surface area contributed by atoms with Crippen LogP contribution in [0.3, 0.4) is 0 Å². The smallest absolute Gasteiger partial charge is 0.372 e. The molecule has 0 aliphatic carbocycles. The van der Waals surface area contributed by atoms with Crippen LogP contribution in [0, 0.1) is 0 Å². The summed E-state index contributed by atoms with van der Waals surface area (Å²) in [6, 6.07) is 3.85. The Labute approximate surface area is 101 Å². The summed E-state index contributed by atoms with van der Waals surface area (Å²) in [5, 5.41) is 8.43. The Hall–Kier alpha value is -1.71. The molecule has 0 amide bonds. The number of aromatic nitrogens is 1. The monoisotopic (exact) mass is 235 g/mol. The van der Waals surface area contributed by atoms with E-state index in [1.165, 1.54) is 5.56 Å². The molecule has 92 valence electrons. The van der Waals surface area contributed by atoms with Gasteiger partial charge in [0.1, 0.15) is 0 Å². The number of carbonyl (C=O) groups is 2. The van der Waals surface area contributed by atoms with E-state index in [4.69, 9.17) is 5.11 Å². The van der Waals surface area contributed by atoms with Crippen molar-refractivity contribution in [3.8, 4) is 0 Å². The summed E-state index contributed by atoms with van der Waals surface area (Å²) in [4.78, 5) is 25.4. The second kappa shape index (κ2) is 6.78. The van der Waals surface area contributed by atoms with E-state index in [1.54, 1.807) is 6.20 Å². The van der Waals surface area contributed by atoms with Crippen molar-refractivity contribution >= 4 is 11.8 Å². The van der Waals surface area contributed by atoms with E-state index in [9.17, 15) is 9.59 Å². The maximum atomic E-state index is 10.9. The van der Waals surface area contributed by atoms with E-state index in [0.29, 0.717) is 6.42 Å². The minimum Gasteiger partial charge on any atom is -0.476 e. The van der Waals surface area contributed by atoms with Gasteiger partial charge < -0.3 is 5.11 Å². The van der Waals surface area contributed by atoms with Gasteiger partial charge >= 0.3 is 5.97 Å². The lowest BCUT2D eigenvalue weighted by molar-refractivity contribution is -0.149. The Morgan fingerprint density at radius 2 is 2.06 bits per heavy atom. The van der Waals surface area contributed by atoms with Gasteiger partial charge in [0.25, 0.3) is 0 Å². The molecule has 0 fully saturated rings. The van der Waals surface area contributed by atoms with Crippen LogP contribution in [-0.4, -0.2) is 21.8 Å². The first-order valence-electron chi connectivity index (χ1n) is 5.83. The number of aryl methyl sites for hydroxylation is 2. The molecule has 0 bridgehead atoms. The standard InChI is InChI=1S/C13H17NO3/c1-2-3-4-10-5-6-11(14-9-10)7-8-12(15)13(16)17/h5-6,9H,2-4,7-8H2,1H3,(H,16,17). The number of unbranched alkanes of at least 4 members (excludes halogenated alkanes) is 1. The SMILES string of the molecule is CCCCc1ccc(CCC(=O)C(=O)O)nc1. The number of carboxylic acids is 1. The van der Waals surface area contributed by atoms with Gasteiger partial charge in [-0.2, -0.15) is 0 Å². The second-order valence-electron chi connectivity index (χ2n) is 3.99. The molecule has 0 radical (unpaired) electrons. The molecule has 0 aromatic carbocycles. The van der Waals surface area contributed by atoms with Crippen molar-refractivity contribution in [3.05, 3.63) is 29.6 Å². The van der Waals surface area contributed by atoms with Crippen LogP contribution in [0.15, 0.2) is 18.3 Å². The molecule has 0 aliphatic heterocycles. The number of carbonyl (C=O) groups excluding carboxylic acids is 1. The molecule has 0 spiro atoms. The van der Waals surface area contributed by atoms with Crippen molar-refractivity contribution in [1.82, 2.24) is 4.98 Å². The molecule has 0 atom stereocenters. The zero-order chi connectivity index (χ0) is 12.7. The topological polar surface area (TPSA) is 67.3 Å². The molecule has 0 saturated heterocycles. The first-order chi connectivity index (χ1) is 8.13. The van der Waals surface area contributed by atoms with Crippen LogP contribution in [0.2, 0.25) is 0 Å². The number of pyridine rings is 1. The molecular weight excluding hydrogens is 218 g/mol. The largest absolute Gasteiger partial charge is 0.476 e. The maximum absolute atomic E-state index is 10.9. The first-order valence-corrected chi connectivity index (χ1v) is 5.83. The number of rotatable bonds is 7. The van der Waals surface area contributed by atoms with Crippen molar-refractivity contribution in [3.63, 3.8) is 0 Å². The molecule has 0 aliphatic rings. The van der Waals surface area contributed by atoms with Crippen molar-refractivity contribution in [2.45, 2.75) is 39.0 Å². The van der Waals surface area contributed by atoms with Gasteiger partial charge in [-0.05, 0) is 30.9 Å². The van der Waals surface area contributed by atoms with Gasteiger partial charge in [0.2, 0.25) is 5.78 Å². The second-order valence-corrected chi connectivity index (χ2v) is 3.99. The molecular formula is C13H17NO3. The summed E-state index contributed by atoms with van der Waals surface area (Å²) < 4.78 is 0. The molecule has 0 saturated carbocycles. The molecule has 1 rings (SSSR count). The van der Waals surface area contributed by atoms with Crippen molar-refractivity contribution in [1.29, 1.82) is 0 Å². The number of Topliss-reactive ketones (excluding diaryl/α,β-unsaturated/α-hetero) is 1. The third kappa shape index (κ3) is 4.76. The summed E-state index contributed by atoms with van der Waals surface area (Å²) in [5.41, 5.74) is 1.94. The Kier molecular flexibility index (Phi) is 5.33. The van der Waals surface area contributed by atoms with Crippen LogP contribution in [0.1, 0.15) is 37.4 Å². The molecule has 0 unspecified atom stereocenters. The number of aliphatic carboxylic acids is 1. The predicted octanol–water partition coefficient (Wildman–Crippen LogP) is 2.01. The first kappa shape index (κ1) is 13.4. The predicted molar refractivity (Wildman–Crippen MR) is 63.8 cm³/mol. The molecule has 4 nitrogen and oxygen atoms in total. The fourth-order valence-corrected chi connectivity index (χ4v) is 1.48. The van der Waals surface area contributed by atoms with Gasteiger partial charge in [0, 0.05) is 18.3 Å². The zero-order valence-corrected chi connectivity index (χ0v) is 9.98. The third-order valence-electron chi connectivity index (χ3n) is 2.55. The summed E-state index contributed by atoms with van der Waals surface area (Å²) in [6.45, 7) is 2.14. The summed E-state index contributed by atoms with van der Waals surface area (Å²) in [7, 11) is 0. The average Bonchev–Trinajstić information content (AvgIpc) is 2.34. The number of carboxylic acid groups (broad SMARTS) is 1. The van der Waals surface area contributed by atoms with Gasteiger partial charge in [0.15, 0.2) is 0 Å². The summed E-state index contributed by atoms with van der Waals surface area (Å²) in [5.74, 6) is -2.13. The Morgan fingerprint density at radius 1 is 1.29 bits per heavy atom. The Morgan fingerprint density at radius 3 is 2.59 bits per heavy atom. The zero-order valence-electron chi connectivity index (χ0n) is 9.98. The highest BCUT2D eigenvalue weighted by Crippen LogP contribution is 2.06. The third-order valence-corrected chi connectivity index (χ3v) is 2.55. The Bertz CT molecular complexity index is 384. The van der Waals surface area contributed by atoms with E-state index >= 15 is 0 Å². The minimum atomic E-state index is -1.37. The maximum Gasteiger partial charge on any atom is 0.372 e. The fourth-order valence-electron chi connectivity index (χ4n) is 1.48. The molecule has 17 heavy (non-hydrogen) atoms. The molecule has 1 aromatic heterocycles. The highest BCUT2D eigenvalue weighted by atomic mass is 16.4. The van der Waals surface area contributed by atoms with Crippen LogP contribution in [-0.2, 0) is 22.4 Å². The quantitative estimate of drug-likeness (QED) is 0.734. The van der Waals surface area contributed by atoms with E-state index in [2.05, 4.69) is 11.9 Å². The number of hydrogen-bond acceptors (Lipinski definition) is 3. The van der Waals surface area contributed by atoms with Crippen LogP contribution in [0.5, 0.6) is 0 Å². The minimum absolute atomic E-state index is 0.0106. The normalized spacial score (nSPS) is 10.2. The lowest BCUT2D eigenvalue weighted by Gasteiger charge is -2.02. The van der Waals surface area contributed by atoms with E-state index in [1.807, 2.05) is 12.1 Å². The van der Waals surface area contributed by atoms with E-state index < -0.39 is 11.8 Å². The Balaban J connectivity index is 2.45. The lowest BCUT2D eigenvalue weighted by atomic mass is 10.1. The van der Waals surface area contributed by atoms with Crippen molar-refractivity contribution < 1.29 is 14.7 Å². The van der Waals surface area contributed by atoms with Crippen LogP contribution in [0.25, 0.3) is 0 Å². The highest BCUT2D eigenvalue weighted by molar-refractivity contribution is 6.32. The van der Waals surface area contributed by atoms with Crippen molar-refractivity contribution in [2.75, 3.05) is 0 Å². The molecule has 1 N–H and O–H groups in total. The van der Waals surface area contributed by atoms with Crippen LogP contribution in [0.4, 0.5) is 0 Å². The number of nitrogens with zero attached hydrogens (tertiary/aromatic N) is 1. The van der Waals surface area contributed by atoms with Gasteiger partial charge in [0.05, 0.1) is 0 Å². The van der Waals surface area contributed by atoms with Gasteiger partial charge in [-0.15, -0.1) is 0 Å². The van der Waals surface area contributed by atoms with E-state index in [-0.39, 0.29) is 6.42 Å². The highest BCUT2D eigenvalue weighted by Gasteiger charge is 2.11. The lowest BCUT2D eigenvalue weighted by Crippen LogP contribution is -2.13. The van der Waals surface area contributed by atoms with Crippen LogP contribution >= 0.6 is 0 Å². The van der Waals surface area contributed by atoms with E-state index in [0.717, 1.165) is 25.0 Å². The van der Waals surface area contributed by atoms with Gasteiger partial charge in [-0.1, -0.05) is 19.4 Å². The summed E-state index contributed by atoms with van der Waals surface area (Å²) >= 11 is 0. The summed E-state index contributed by atoms with van der Waals surface area (Å²) in [6.07, 6.45) is 5.50. The number of hydrogen-bond donors (Lipinski definition) is 1. The van der Waals surface area contributed by atoms with Crippen LogP contribution < -0.4 is 0 Å². The average molecular weight is 235 g/mol.